The Hall–Kier alpha value is -2.39. The molecule has 95 valence electrons. The Morgan fingerprint density at radius 3 is 2.17 bits per heavy atom. The third-order valence-electron chi connectivity index (χ3n) is 2.27. The largest absolute Gasteiger partial charge is 0.315 e. The lowest BCUT2D eigenvalue weighted by atomic mass is 9.96. The second-order valence-corrected chi connectivity index (χ2v) is 3.43. The van der Waals surface area contributed by atoms with Crippen LogP contribution in [0.25, 0.3) is 0 Å². The van der Waals surface area contributed by atoms with Crippen LogP contribution in [-0.4, -0.2) is 22.3 Å². The number of nitro groups is 2. The highest BCUT2D eigenvalue weighted by Crippen LogP contribution is 2.30. The summed E-state index contributed by atoms with van der Waals surface area (Å²) in [4.78, 5) is 30.4. The maximum atomic E-state index is 10.8. The van der Waals surface area contributed by atoms with Gasteiger partial charge < -0.3 is 11.5 Å². The highest BCUT2D eigenvalue weighted by atomic mass is 16.6. The van der Waals surface area contributed by atoms with Gasteiger partial charge in [-0.2, -0.15) is 0 Å². The Bertz CT molecular complexity index is 502. The van der Waals surface area contributed by atoms with Crippen molar-refractivity contribution in [2.45, 2.75) is 12.1 Å². The van der Waals surface area contributed by atoms with Crippen molar-refractivity contribution in [3.8, 4) is 0 Å². The van der Waals surface area contributed by atoms with E-state index in [1.807, 2.05) is 0 Å². The first kappa shape index (κ1) is 13.7. The first-order valence-electron chi connectivity index (χ1n) is 4.70. The standard InChI is InChI=1S/C9H9N4O5/c10-9(11)7(4-14)6-2-1-5(12(15)16)3-8(6)13(17)18/h1-3,7,9H,10-11H2. The molecular formula is C9H9N4O5. The summed E-state index contributed by atoms with van der Waals surface area (Å²) < 4.78 is 0. The minimum Gasteiger partial charge on any atom is -0.315 e. The summed E-state index contributed by atoms with van der Waals surface area (Å²) in [5, 5.41) is 21.3. The number of nitrogens with zero attached hydrogens (tertiary/aromatic N) is 2. The van der Waals surface area contributed by atoms with E-state index in [1.165, 1.54) is 6.29 Å². The van der Waals surface area contributed by atoms with Crippen molar-refractivity contribution in [1.82, 2.24) is 0 Å². The van der Waals surface area contributed by atoms with Gasteiger partial charge in [0.15, 0.2) is 0 Å². The van der Waals surface area contributed by atoms with Gasteiger partial charge >= 0.3 is 0 Å². The average Bonchev–Trinajstić information content (AvgIpc) is 2.29. The second-order valence-electron chi connectivity index (χ2n) is 3.43. The van der Waals surface area contributed by atoms with Crippen molar-refractivity contribution >= 4 is 17.7 Å². The number of hydrogen-bond donors (Lipinski definition) is 2. The SMILES string of the molecule is NC(N)C([C]=O)c1ccc([N+](=O)[O-])cc1[N+](=O)[O-]. The number of hydrogen-bond acceptors (Lipinski definition) is 7. The number of nitro benzene ring substituents is 2. The Balaban J connectivity index is 3.40. The van der Waals surface area contributed by atoms with Gasteiger partial charge in [0.05, 0.1) is 28.0 Å². The summed E-state index contributed by atoms with van der Waals surface area (Å²) in [7, 11) is 0. The number of non-ortho nitro benzene ring substituents is 1. The third-order valence-corrected chi connectivity index (χ3v) is 2.27. The van der Waals surface area contributed by atoms with Gasteiger partial charge in [0, 0.05) is 11.6 Å². The monoisotopic (exact) mass is 253 g/mol. The van der Waals surface area contributed by atoms with Crippen molar-refractivity contribution < 1.29 is 14.6 Å². The minimum atomic E-state index is -1.22. The molecule has 0 aliphatic rings. The van der Waals surface area contributed by atoms with Gasteiger partial charge in [-0.15, -0.1) is 0 Å². The first-order chi connectivity index (χ1) is 8.38. The summed E-state index contributed by atoms with van der Waals surface area (Å²) in [5.74, 6) is -1.22. The lowest BCUT2D eigenvalue weighted by molar-refractivity contribution is -0.394. The zero-order valence-electron chi connectivity index (χ0n) is 8.98. The summed E-state index contributed by atoms with van der Waals surface area (Å²) in [6.07, 6.45) is 0.309. The maximum absolute atomic E-state index is 10.8. The molecule has 9 heteroatoms. The average molecular weight is 253 g/mol. The fraction of sp³-hybridized carbons (Fsp3) is 0.222. The van der Waals surface area contributed by atoms with Gasteiger partial charge in [-0.05, 0) is 6.07 Å². The number of benzene rings is 1. The molecule has 0 fully saturated rings. The molecule has 0 bridgehead atoms. The van der Waals surface area contributed by atoms with Crippen molar-refractivity contribution in [2.24, 2.45) is 11.5 Å². The molecule has 0 aromatic heterocycles. The van der Waals surface area contributed by atoms with Gasteiger partial charge in [0.2, 0.25) is 6.29 Å². The van der Waals surface area contributed by atoms with Crippen molar-refractivity contribution in [3.63, 3.8) is 0 Å². The molecular weight excluding hydrogens is 244 g/mol. The van der Waals surface area contributed by atoms with E-state index in [0.29, 0.717) is 0 Å². The first-order valence-corrected chi connectivity index (χ1v) is 4.70. The molecule has 0 spiro atoms. The van der Waals surface area contributed by atoms with E-state index in [2.05, 4.69) is 0 Å². The van der Waals surface area contributed by atoms with E-state index in [0.717, 1.165) is 18.2 Å². The molecule has 1 aromatic carbocycles. The van der Waals surface area contributed by atoms with Crippen LogP contribution in [0.15, 0.2) is 18.2 Å². The van der Waals surface area contributed by atoms with Gasteiger partial charge in [-0.25, -0.2) is 0 Å². The fourth-order valence-electron chi connectivity index (χ4n) is 1.42. The molecule has 0 amide bonds. The van der Waals surface area contributed by atoms with Crippen LogP contribution in [-0.2, 0) is 4.79 Å². The molecule has 0 saturated heterocycles. The summed E-state index contributed by atoms with van der Waals surface area (Å²) in [5.41, 5.74) is 9.47. The van der Waals surface area contributed by atoms with Crippen molar-refractivity contribution in [2.75, 3.05) is 0 Å². The summed E-state index contributed by atoms with van der Waals surface area (Å²) in [6.45, 7) is 0. The van der Waals surface area contributed by atoms with Crippen LogP contribution in [0.1, 0.15) is 11.5 Å². The van der Waals surface area contributed by atoms with Crippen LogP contribution in [0.4, 0.5) is 11.4 Å². The topological polar surface area (TPSA) is 155 Å². The molecule has 0 aliphatic carbocycles. The number of nitrogens with two attached hydrogens (primary N) is 2. The van der Waals surface area contributed by atoms with Crippen LogP contribution < -0.4 is 11.5 Å². The van der Waals surface area contributed by atoms with Crippen LogP contribution in [0.5, 0.6) is 0 Å². The fourth-order valence-corrected chi connectivity index (χ4v) is 1.42. The maximum Gasteiger partial charge on any atom is 0.280 e. The molecule has 0 saturated carbocycles. The molecule has 4 N–H and O–H groups in total. The van der Waals surface area contributed by atoms with Gasteiger partial charge in [-0.3, -0.25) is 25.0 Å². The van der Waals surface area contributed by atoms with E-state index in [4.69, 9.17) is 11.5 Å². The predicted molar refractivity (Wildman–Crippen MR) is 60.3 cm³/mol. The van der Waals surface area contributed by atoms with Crippen LogP contribution >= 0.6 is 0 Å². The number of carbonyl (C=O) groups excluding carboxylic acids is 1. The summed E-state index contributed by atoms with van der Waals surface area (Å²) >= 11 is 0. The normalized spacial score (nSPS) is 12.2. The molecule has 1 aromatic rings. The molecule has 1 unspecified atom stereocenters. The molecule has 0 aliphatic heterocycles. The van der Waals surface area contributed by atoms with E-state index in [-0.39, 0.29) is 5.56 Å². The molecule has 9 nitrogen and oxygen atoms in total. The molecule has 1 rings (SSSR count). The van der Waals surface area contributed by atoms with Crippen molar-refractivity contribution in [3.05, 3.63) is 44.0 Å². The van der Waals surface area contributed by atoms with Gasteiger partial charge in [0.25, 0.3) is 11.4 Å². The zero-order chi connectivity index (χ0) is 13.9. The van der Waals surface area contributed by atoms with Crippen molar-refractivity contribution in [1.29, 1.82) is 0 Å². The van der Waals surface area contributed by atoms with Crippen LogP contribution in [0.2, 0.25) is 0 Å². The third kappa shape index (κ3) is 2.64. The van der Waals surface area contributed by atoms with Gasteiger partial charge in [0.1, 0.15) is 0 Å². The number of rotatable bonds is 5. The Labute approximate surface area is 101 Å². The molecule has 1 radical (unpaired) electrons. The zero-order valence-corrected chi connectivity index (χ0v) is 8.98. The van der Waals surface area contributed by atoms with Crippen LogP contribution in [0.3, 0.4) is 0 Å². The smallest absolute Gasteiger partial charge is 0.280 e. The quantitative estimate of drug-likeness (QED) is 0.422. The van der Waals surface area contributed by atoms with E-state index < -0.39 is 33.3 Å². The highest BCUT2D eigenvalue weighted by molar-refractivity contribution is 5.68. The minimum absolute atomic E-state index is 0.101. The van der Waals surface area contributed by atoms with Gasteiger partial charge in [-0.1, -0.05) is 0 Å². The lowest BCUT2D eigenvalue weighted by Crippen LogP contribution is -2.38. The second kappa shape index (κ2) is 5.29. The lowest BCUT2D eigenvalue weighted by Gasteiger charge is -2.13. The Morgan fingerprint density at radius 2 is 1.78 bits per heavy atom. The highest BCUT2D eigenvalue weighted by Gasteiger charge is 2.28. The predicted octanol–water partition coefficient (Wildman–Crippen LogP) is -0.0602. The van der Waals surface area contributed by atoms with E-state index >= 15 is 0 Å². The summed E-state index contributed by atoms with van der Waals surface area (Å²) in [6, 6.07) is 2.87. The van der Waals surface area contributed by atoms with Crippen LogP contribution in [0, 0.1) is 20.2 Å². The van der Waals surface area contributed by atoms with E-state index in [1.54, 1.807) is 0 Å². The Kier molecular flexibility index (Phi) is 4.02. The molecule has 1 atom stereocenters. The van der Waals surface area contributed by atoms with E-state index in [9.17, 15) is 25.0 Å². The molecule has 18 heavy (non-hydrogen) atoms. The molecule has 0 heterocycles. The Morgan fingerprint density at radius 1 is 1.17 bits per heavy atom.